The van der Waals surface area contributed by atoms with Gasteiger partial charge in [-0.05, 0) is 43.5 Å². The van der Waals surface area contributed by atoms with Gasteiger partial charge in [0.1, 0.15) is 12.0 Å². The largest absolute Gasteiger partial charge is 0.354 e. The standard InChI is InChI=1S/C21H22FN3O2/c1-24-18-12-14(20(26)23-13-15-6-2-3-7-17(15)22)9-10-16(18)21(27)25-11-5-4-8-19(24)25/h2-3,6-7,9-10,12,19H,4-5,8,11,13H2,1H3,(H,23,26)/t19-/m1/s1. The Labute approximate surface area is 157 Å². The normalized spacial score (nSPS) is 18.7. The van der Waals surface area contributed by atoms with Crippen LogP contribution in [-0.4, -0.2) is 36.5 Å². The van der Waals surface area contributed by atoms with Crippen molar-refractivity contribution in [3.8, 4) is 0 Å². The molecule has 27 heavy (non-hydrogen) atoms. The van der Waals surface area contributed by atoms with Crippen molar-refractivity contribution in [2.75, 3.05) is 18.5 Å². The molecular formula is C21H22FN3O2. The average Bonchev–Trinajstić information content (AvgIpc) is 2.71. The number of anilines is 1. The highest BCUT2D eigenvalue weighted by molar-refractivity contribution is 6.04. The molecule has 1 saturated heterocycles. The van der Waals surface area contributed by atoms with Crippen LogP contribution in [-0.2, 0) is 6.54 Å². The number of fused-ring (bicyclic) bond motifs is 2. The molecule has 0 saturated carbocycles. The highest BCUT2D eigenvalue weighted by atomic mass is 19.1. The fraction of sp³-hybridized carbons (Fsp3) is 0.333. The molecule has 2 aliphatic rings. The Balaban J connectivity index is 1.55. The van der Waals surface area contributed by atoms with E-state index in [-0.39, 0.29) is 30.3 Å². The summed E-state index contributed by atoms with van der Waals surface area (Å²) in [5.41, 5.74) is 2.31. The number of nitrogens with zero attached hydrogens (tertiary/aromatic N) is 2. The van der Waals surface area contributed by atoms with E-state index in [1.807, 2.05) is 11.9 Å². The number of benzene rings is 2. The first-order valence-electron chi connectivity index (χ1n) is 9.26. The first-order chi connectivity index (χ1) is 13.1. The maximum absolute atomic E-state index is 13.7. The summed E-state index contributed by atoms with van der Waals surface area (Å²) in [7, 11) is 1.97. The van der Waals surface area contributed by atoms with Crippen molar-refractivity contribution in [3.05, 3.63) is 65.0 Å². The van der Waals surface area contributed by atoms with Crippen molar-refractivity contribution >= 4 is 17.5 Å². The van der Waals surface area contributed by atoms with Gasteiger partial charge in [-0.3, -0.25) is 9.59 Å². The number of hydrogen-bond donors (Lipinski definition) is 1. The van der Waals surface area contributed by atoms with E-state index in [0.717, 1.165) is 31.5 Å². The summed E-state index contributed by atoms with van der Waals surface area (Å²) in [6, 6.07) is 11.5. The van der Waals surface area contributed by atoms with Crippen LogP contribution in [0.1, 0.15) is 45.5 Å². The van der Waals surface area contributed by atoms with Crippen molar-refractivity contribution in [1.82, 2.24) is 10.2 Å². The molecule has 1 atom stereocenters. The molecule has 2 heterocycles. The van der Waals surface area contributed by atoms with Gasteiger partial charge in [-0.2, -0.15) is 0 Å². The number of carbonyl (C=O) groups is 2. The minimum atomic E-state index is -0.342. The molecule has 2 aliphatic heterocycles. The lowest BCUT2D eigenvalue weighted by Crippen LogP contribution is -2.55. The Morgan fingerprint density at radius 3 is 2.85 bits per heavy atom. The van der Waals surface area contributed by atoms with Crippen LogP contribution in [0.5, 0.6) is 0 Å². The molecule has 0 aromatic heterocycles. The Morgan fingerprint density at radius 1 is 1.22 bits per heavy atom. The van der Waals surface area contributed by atoms with Gasteiger partial charge >= 0.3 is 0 Å². The number of halogens is 1. The molecular weight excluding hydrogens is 345 g/mol. The Kier molecular flexibility index (Phi) is 4.56. The van der Waals surface area contributed by atoms with Gasteiger partial charge in [-0.1, -0.05) is 18.2 Å². The maximum Gasteiger partial charge on any atom is 0.257 e. The summed E-state index contributed by atoms with van der Waals surface area (Å²) in [4.78, 5) is 29.3. The number of hydrogen-bond acceptors (Lipinski definition) is 3. The van der Waals surface area contributed by atoms with Crippen LogP contribution in [0.15, 0.2) is 42.5 Å². The van der Waals surface area contributed by atoms with Crippen LogP contribution in [0.3, 0.4) is 0 Å². The molecule has 0 bridgehead atoms. The molecule has 140 valence electrons. The molecule has 0 spiro atoms. The topological polar surface area (TPSA) is 52.7 Å². The summed E-state index contributed by atoms with van der Waals surface area (Å²) < 4.78 is 13.7. The Bertz CT molecular complexity index is 899. The Hall–Kier alpha value is -2.89. The minimum Gasteiger partial charge on any atom is -0.354 e. The molecule has 1 N–H and O–H groups in total. The van der Waals surface area contributed by atoms with E-state index in [2.05, 4.69) is 10.2 Å². The summed E-state index contributed by atoms with van der Waals surface area (Å²) in [6.45, 7) is 0.895. The molecule has 5 nitrogen and oxygen atoms in total. The molecule has 4 rings (SSSR count). The minimum absolute atomic E-state index is 0.0334. The van der Waals surface area contributed by atoms with Gasteiger partial charge < -0.3 is 15.1 Å². The van der Waals surface area contributed by atoms with Gasteiger partial charge in [-0.15, -0.1) is 0 Å². The summed E-state index contributed by atoms with van der Waals surface area (Å²) in [5, 5.41) is 2.75. The zero-order valence-electron chi connectivity index (χ0n) is 15.2. The SMILES string of the molecule is CN1c2cc(C(=O)NCc3ccccc3F)ccc2C(=O)N2CCCC[C@@H]21. The van der Waals surface area contributed by atoms with Gasteiger partial charge in [0.05, 0.1) is 11.3 Å². The maximum atomic E-state index is 13.7. The molecule has 0 radical (unpaired) electrons. The summed E-state index contributed by atoms with van der Waals surface area (Å²) in [5.74, 6) is -0.593. The predicted octanol–water partition coefficient (Wildman–Crippen LogP) is 3.16. The molecule has 2 amide bonds. The van der Waals surface area contributed by atoms with E-state index < -0.39 is 0 Å². The smallest absolute Gasteiger partial charge is 0.257 e. The fourth-order valence-corrected chi connectivity index (χ4v) is 3.93. The second-order valence-electron chi connectivity index (χ2n) is 7.09. The zero-order chi connectivity index (χ0) is 19.0. The molecule has 2 aromatic rings. The van der Waals surface area contributed by atoms with E-state index in [4.69, 9.17) is 0 Å². The lowest BCUT2D eigenvalue weighted by Gasteiger charge is -2.46. The van der Waals surface area contributed by atoms with E-state index in [1.165, 1.54) is 6.07 Å². The summed E-state index contributed by atoms with van der Waals surface area (Å²) in [6.07, 6.45) is 3.11. The highest BCUT2D eigenvalue weighted by Gasteiger charge is 2.37. The van der Waals surface area contributed by atoms with Crippen molar-refractivity contribution in [2.45, 2.75) is 32.0 Å². The third kappa shape index (κ3) is 3.16. The zero-order valence-corrected chi connectivity index (χ0v) is 15.2. The molecule has 0 aliphatic carbocycles. The van der Waals surface area contributed by atoms with Gasteiger partial charge in [0.25, 0.3) is 11.8 Å². The highest BCUT2D eigenvalue weighted by Crippen LogP contribution is 2.34. The second kappa shape index (κ2) is 7.02. The number of nitrogens with one attached hydrogen (secondary N) is 1. The lowest BCUT2D eigenvalue weighted by molar-refractivity contribution is 0.0589. The first-order valence-corrected chi connectivity index (χ1v) is 9.26. The van der Waals surface area contributed by atoms with E-state index >= 15 is 0 Å². The van der Waals surface area contributed by atoms with Gasteiger partial charge in [0.15, 0.2) is 0 Å². The predicted molar refractivity (Wildman–Crippen MR) is 101 cm³/mol. The average molecular weight is 367 g/mol. The third-order valence-corrected chi connectivity index (χ3v) is 5.45. The molecule has 0 unspecified atom stereocenters. The fourth-order valence-electron chi connectivity index (χ4n) is 3.93. The van der Waals surface area contributed by atoms with Gasteiger partial charge in [0, 0.05) is 31.3 Å². The number of piperidine rings is 1. The van der Waals surface area contributed by atoms with Crippen molar-refractivity contribution < 1.29 is 14.0 Å². The van der Waals surface area contributed by atoms with Crippen LogP contribution in [0.2, 0.25) is 0 Å². The monoisotopic (exact) mass is 367 g/mol. The van der Waals surface area contributed by atoms with Crippen molar-refractivity contribution in [2.24, 2.45) is 0 Å². The van der Waals surface area contributed by atoms with Crippen LogP contribution in [0, 0.1) is 5.82 Å². The van der Waals surface area contributed by atoms with Crippen LogP contribution in [0.4, 0.5) is 10.1 Å². The van der Waals surface area contributed by atoms with Crippen molar-refractivity contribution in [1.29, 1.82) is 0 Å². The quantitative estimate of drug-likeness (QED) is 0.907. The van der Waals surface area contributed by atoms with E-state index in [9.17, 15) is 14.0 Å². The van der Waals surface area contributed by atoms with Crippen LogP contribution in [0.25, 0.3) is 0 Å². The second-order valence-corrected chi connectivity index (χ2v) is 7.09. The van der Waals surface area contributed by atoms with Crippen LogP contribution < -0.4 is 10.2 Å². The number of carbonyl (C=O) groups excluding carboxylic acids is 2. The van der Waals surface area contributed by atoms with Crippen molar-refractivity contribution in [3.63, 3.8) is 0 Å². The van der Waals surface area contributed by atoms with Gasteiger partial charge in [-0.25, -0.2) is 4.39 Å². The molecule has 2 aromatic carbocycles. The number of amides is 2. The molecule has 1 fully saturated rings. The Morgan fingerprint density at radius 2 is 2.04 bits per heavy atom. The van der Waals surface area contributed by atoms with Gasteiger partial charge in [0.2, 0.25) is 0 Å². The van der Waals surface area contributed by atoms with Crippen LogP contribution >= 0.6 is 0 Å². The van der Waals surface area contributed by atoms with E-state index in [0.29, 0.717) is 16.7 Å². The first kappa shape index (κ1) is 17.5. The summed E-state index contributed by atoms with van der Waals surface area (Å²) >= 11 is 0. The van der Waals surface area contributed by atoms with E-state index in [1.54, 1.807) is 36.4 Å². The lowest BCUT2D eigenvalue weighted by atomic mass is 9.97. The molecule has 6 heteroatoms. The number of rotatable bonds is 3. The third-order valence-electron chi connectivity index (χ3n) is 5.45.